The lowest BCUT2D eigenvalue weighted by Gasteiger charge is -2.28. The number of ether oxygens (including phenoxy) is 1. The van der Waals surface area contributed by atoms with Crippen molar-refractivity contribution >= 4 is 22.6 Å². The molecule has 1 aromatic heterocycles. The first kappa shape index (κ1) is 12.9. The summed E-state index contributed by atoms with van der Waals surface area (Å²) >= 11 is 5.98. The van der Waals surface area contributed by atoms with Crippen LogP contribution in [0.3, 0.4) is 0 Å². The van der Waals surface area contributed by atoms with Crippen LogP contribution >= 0.6 is 11.6 Å². The van der Waals surface area contributed by atoms with Crippen molar-refractivity contribution in [3.63, 3.8) is 0 Å². The maximum absolute atomic E-state index is 5.98. The minimum Gasteiger partial charge on any atom is -0.459 e. The van der Waals surface area contributed by atoms with Crippen LogP contribution in [0.5, 0.6) is 0 Å². The maximum Gasteiger partial charge on any atom is 0.134 e. The van der Waals surface area contributed by atoms with E-state index in [2.05, 4.69) is 5.43 Å². The number of hydrazine groups is 1. The van der Waals surface area contributed by atoms with Crippen LogP contribution in [0, 0.1) is 0 Å². The highest BCUT2D eigenvalue weighted by Gasteiger charge is 2.27. The van der Waals surface area contributed by atoms with Crippen LogP contribution in [0.15, 0.2) is 28.7 Å². The van der Waals surface area contributed by atoms with E-state index in [0.29, 0.717) is 5.02 Å². The molecular weight excluding hydrogens is 264 g/mol. The molecule has 1 saturated heterocycles. The third-order valence-corrected chi connectivity index (χ3v) is 3.81. The van der Waals surface area contributed by atoms with Crippen LogP contribution < -0.4 is 11.3 Å². The van der Waals surface area contributed by atoms with Gasteiger partial charge in [-0.05, 0) is 43.5 Å². The van der Waals surface area contributed by atoms with Crippen molar-refractivity contribution < 1.29 is 9.15 Å². The van der Waals surface area contributed by atoms with Gasteiger partial charge in [-0.15, -0.1) is 0 Å². The van der Waals surface area contributed by atoms with Crippen LogP contribution in [0.25, 0.3) is 11.0 Å². The van der Waals surface area contributed by atoms with Gasteiger partial charge in [-0.2, -0.15) is 0 Å². The summed E-state index contributed by atoms with van der Waals surface area (Å²) in [4.78, 5) is 0. The summed E-state index contributed by atoms with van der Waals surface area (Å²) in [6.07, 6.45) is 3.33. The molecule has 0 radical (unpaired) electrons. The van der Waals surface area contributed by atoms with Crippen LogP contribution in [0.1, 0.15) is 31.1 Å². The lowest BCUT2D eigenvalue weighted by Crippen LogP contribution is -2.39. The molecule has 1 aromatic carbocycles. The SMILES string of the molecule is NNC(c1cc2cc(Cl)ccc2o1)C1CCCCO1. The number of nitrogens with two attached hydrogens (primary N) is 1. The molecule has 4 nitrogen and oxygen atoms in total. The Hall–Kier alpha value is -1.07. The average molecular weight is 281 g/mol. The van der Waals surface area contributed by atoms with E-state index in [9.17, 15) is 0 Å². The molecule has 2 aromatic rings. The fourth-order valence-corrected chi connectivity index (χ4v) is 2.77. The van der Waals surface area contributed by atoms with Crippen molar-refractivity contribution in [2.45, 2.75) is 31.4 Å². The minimum atomic E-state index is -0.119. The molecule has 0 aliphatic carbocycles. The molecule has 3 rings (SSSR count). The molecule has 1 aliphatic heterocycles. The summed E-state index contributed by atoms with van der Waals surface area (Å²) in [5.74, 6) is 6.47. The first-order chi connectivity index (χ1) is 9.28. The number of rotatable bonds is 3. The monoisotopic (exact) mass is 280 g/mol. The van der Waals surface area contributed by atoms with Crippen LogP contribution in [0.4, 0.5) is 0 Å². The van der Waals surface area contributed by atoms with Crippen molar-refractivity contribution in [3.05, 3.63) is 35.0 Å². The molecule has 19 heavy (non-hydrogen) atoms. The fraction of sp³-hybridized carbons (Fsp3) is 0.429. The number of halogens is 1. The Labute approximate surface area is 116 Å². The van der Waals surface area contributed by atoms with Gasteiger partial charge in [0, 0.05) is 17.0 Å². The quantitative estimate of drug-likeness (QED) is 0.670. The molecule has 3 N–H and O–H groups in total. The highest BCUT2D eigenvalue weighted by atomic mass is 35.5. The fourth-order valence-electron chi connectivity index (χ4n) is 2.59. The lowest BCUT2D eigenvalue weighted by atomic mass is 10.0. The third kappa shape index (κ3) is 2.62. The number of benzene rings is 1. The summed E-state index contributed by atoms with van der Waals surface area (Å²) in [5.41, 5.74) is 3.63. The Kier molecular flexibility index (Phi) is 3.75. The van der Waals surface area contributed by atoms with Crippen molar-refractivity contribution in [2.75, 3.05) is 6.61 Å². The van der Waals surface area contributed by atoms with Gasteiger partial charge in [0.15, 0.2) is 0 Å². The van der Waals surface area contributed by atoms with Crippen molar-refractivity contribution in [2.24, 2.45) is 5.84 Å². The van der Waals surface area contributed by atoms with Crippen molar-refractivity contribution in [1.82, 2.24) is 5.43 Å². The van der Waals surface area contributed by atoms with Gasteiger partial charge in [0.1, 0.15) is 17.4 Å². The van der Waals surface area contributed by atoms with Gasteiger partial charge in [-0.25, -0.2) is 5.43 Å². The van der Waals surface area contributed by atoms with Crippen molar-refractivity contribution in [1.29, 1.82) is 0 Å². The number of nitrogens with one attached hydrogen (secondary N) is 1. The molecule has 2 heterocycles. The Morgan fingerprint density at radius 2 is 2.21 bits per heavy atom. The second-order valence-electron chi connectivity index (χ2n) is 4.88. The van der Waals surface area contributed by atoms with E-state index in [1.54, 1.807) is 0 Å². The van der Waals surface area contributed by atoms with Crippen LogP contribution in [-0.4, -0.2) is 12.7 Å². The zero-order valence-corrected chi connectivity index (χ0v) is 11.3. The highest BCUT2D eigenvalue weighted by Crippen LogP contribution is 2.31. The molecular formula is C14H17ClN2O2. The maximum atomic E-state index is 5.98. The van der Waals surface area contributed by atoms with E-state index in [1.807, 2.05) is 24.3 Å². The molecule has 1 fully saturated rings. The second kappa shape index (κ2) is 5.51. The summed E-state index contributed by atoms with van der Waals surface area (Å²) in [6.45, 7) is 0.787. The minimum absolute atomic E-state index is 0.0646. The summed E-state index contributed by atoms with van der Waals surface area (Å²) in [6, 6.07) is 7.44. The highest BCUT2D eigenvalue weighted by molar-refractivity contribution is 6.31. The predicted octanol–water partition coefficient (Wildman–Crippen LogP) is 3.16. The van der Waals surface area contributed by atoms with E-state index < -0.39 is 0 Å². The summed E-state index contributed by atoms with van der Waals surface area (Å²) in [5, 5.41) is 1.68. The van der Waals surface area contributed by atoms with Gasteiger partial charge >= 0.3 is 0 Å². The first-order valence-electron chi connectivity index (χ1n) is 6.54. The molecule has 5 heteroatoms. The lowest BCUT2D eigenvalue weighted by molar-refractivity contribution is -0.0123. The van der Waals surface area contributed by atoms with Gasteiger partial charge in [0.25, 0.3) is 0 Å². The molecule has 0 saturated carbocycles. The molecule has 1 aliphatic rings. The van der Waals surface area contributed by atoms with Gasteiger partial charge < -0.3 is 9.15 Å². The number of fused-ring (bicyclic) bond motifs is 1. The van der Waals surface area contributed by atoms with Gasteiger partial charge in [-0.1, -0.05) is 11.6 Å². The van der Waals surface area contributed by atoms with Gasteiger partial charge in [0.05, 0.1) is 6.10 Å². The van der Waals surface area contributed by atoms with E-state index in [1.165, 1.54) is 0 Å². The number of hydrogen-bond donors (Lipinski definition) is 2. The van der Waals surface area contributed by atoms with Gasteiger partial charge in [0.2, 0.25) is 0 Å². The Morgan fingerprint density at radius 1 is 1.32 bits per heavy atom. The predicted molar refractivity (Wildman–Crippen MR) is 74.9 cm³/mol. The standard InChI is InChI=1S/C14H17ClN2O2/c15-10-4-5-11-9(7-10)8-13(19-11)14(17-16)12-3-1-2-6-18-12/h4-5,7-8,12,14,17H,1-3,6,16H2. The third-order valence-electron chi connectivity index (χ3n) is 3.57. The zero-order valence-electron chi connectivity index (χ0n) is 10.6. The summed E-state index contributed by atoms with van der Waals surface area (Å²) in [7, 11) is 0. The Bertz CT molecular complexity index is 564. The zero-order chi connectivity index (χ0) is 13.2. The van der Waals surface area contributed by atoms with Crippen molar-refractivity contribution in [3.8, 4) is 0 Å². The summed E-state index contributed by atoms with van der Waals surface area (Å²) < 4.78 is 11.6. The van der Waals surface area contributed by atoms with E-state index in [4.69, 9.17) is 26.6 Å². The Morgan fingerprint density at radius 3 is 2.95 bits per heavy atom. The van der Waals surface area contributed by atoms with Crippen LogP contribution in [-0.2, 0) is 4.74 Å². The first-order valence-corrected chi connectivity index (χ1v) is 6.92. The molecule has 2 atom stereocenters. The van der Waals surface area contributed by atoms with E-state index in [-0.39, 0.29) is 12.1 Å². The van der Waals surface area contributed by atoms with E-state index in [0.717, 1.165) is 42.6 Å². The van der Waals surface area contributed by atoms with Crippen LogP contribution in [0.2, 0.25) is 5.02 Å². The number of furan rings is 1. The molecule has 0 spiro atoms. The number of hydrogen-bond acceptors (Lipinski definition) is 4. The van der Waals surface area contributed by atoms with E-state index >= 15 is 0 Å². The smallest absolute Gasteiger partial charge is 0.134 e. The average Bonchev–Trinajstić information content (AvgIpc) is 2.83. The molecule has 2 unspecified atom stereocenters. The normalized spacial score (nSPS) is 21.7. The Balaban J connectivity index is 1.91. The largest absolute Gasteiger partial charge is 0.459 e. The second-order valence-corrected chi connectivity index (χ2v) is 5.32. The molecule has 0 bridgehead atoms. The molecule has 0 amide bonds. The molecule has 102 valence electrons. The topological polar surface area (TPSA) is 60.4 Å². The van der Waals surface area contributed by atoms with Gasteiger partial charge in [-0.3, -0.25) is 5.84 Å².